The molecule has 0 saturated carbocycles. The minimum atomic E-state index is -3.76. The molecule has 0 radical (unpaired) electrons. The fourth-order valence-electron chi connectivity index (χ4n) is 0.736. The second-order valence-electron chi connectivity index (χ2n) is 2.81. The van der Waals surface area contributed by atoms with Crippen LogP contribution < -0.4 is 5.73 Å². The maximum Gasteiger partial charge on any atom is 0.335 e. The summed E-state index contributed by atoms with van der Waals surface area (Å²) in [4.78, 5) is 0. The summed E-state index contributed by atoms with van der Waals surface area (Å²) < 4.78 is 0. The standard InChI is InChI=1S/C6H15NO6/c7-3-1-2-4(8)5(9,10)6(11,12)13/h4,8-13H,1-3,7H2. The molecule has 0 fully saturated rings. The van der Waals surface area contributed by atoms with E-state index in [1.165, 1.54) is 0 Å². The molecule has 0 rings (SSSR count). The molecular formula is C6H15NO6. The molecule has 0 amide bonds. The van der Waals surface area contributed by atoms with Crippen LogP contribution in [0.4, 0.5) is 0 Å². The molecule has 0 spiro atoms. The van der Waals surface area contributed by atoms with Gasteiger partial charge in [0.2, 0.25) is 0 Å². The Kier molecular flexibility index (Phi) is 4.20. The lowest BCUT2D eigenvalue weighted by Gasteiger charge is -2.33. The molecule has 1 atom stereocenters. The Bertz CT molecular complexity index is 154. The van der Waals surface area contributed by atoms with Gasteiger partial charge in [-0.15, -0.1) is 0 Å². The molecular weight excluding hydrogens is 182 g/mol. The van der Waals surface area contributed by atoms with Gasteiger partial charge in [-0.05, 0) is 19.4 Å². The van der Waals surface area contributed by atoms with E-state index in [4.69, 9.17) is 36.4 Å². The third-order valence-corrected chi connectivity index (χ3v) is 1.64. The second-order valence-corrected chi connectivity index (χ2v) is 2.81. The Morgan fingerprint density at radius 3 is 1.85 bits per heavy atom. The maximum atomic E-state index is 9.01. The van der Waals surface area contributed by atoms with Gasteiger partial charge in [-0.1, -0.05) is 0 Å². The van der Waals surface area contributed by atoms with Gasteiger partial charge < -0.3 is 36.4 Å². The van der Waals surface area contributed by atoms with Gasteiger partial charge in [-0.3, -0.25) is 0 Å². The molecule has 0 saturated heterocycles. The largest absolute Gasteiger partial charge is 0.387 e. The highest BCUT2D eigenvalue weighted by Gasteiger charge is 2.51. The van der Waals surface area contributed by atoms with Crippen molar-refractivity contribution < 1.29 is 30.6 Å². The maximum absolute atomic E-state index is 9.01. The van der Waals surface area contributed by atoms with Crippen LogP contribution in [-0.4, -0.2) is 55.0 Å². The molecule has 1 unspecified atom stereocenters. The number of nitrogens with two attached hydrogens (primary N) is 1. The minimum absolute atomic E-state index is 0.174. The lowest BCUT2D eigenvalue weighted by Crippen LogP contribution is -2.61. The van der Waals surface area contributed by atoms with Crippen molar-refractivity contribution in [1.29, 1.82) is 0 Å². The van der Waals surface area contributed by atoms with E-state index in [-0.39, 0.29) is 19.4 Å². The van der Waals surface area contributed by atoms with Crippen LogP contribution in [0.15, 0.2) is 0 Å². The molecule has 0 bridgehead atoms. The highest BCUT2D eigenvalue weighted by molar-refractivity contribution is 4.81. The fraction of sp³-hybridized carbons (Fsp3) is 1.00. The van der Waals surface area contributed by atoms with E-state index in [9.17, 15) is 0 Å². The molecule has 13 heavy (non-hydrogen) atoms. The van der Waals surface area contributed by atoms with Crippen molar-refractivity contribution in [3.63, 3.8) is 0 Å². The molecule has 0 aliphatic carbocycles. The van der Waals surface area contributed by atoms with Gasteiger partial charge in [0.05, 0.1) is 0 Å². The van der Waals surface area contributed by atoms with Crippen molar-refractivity contribution in [1.82, 2.24) is 0 Å². The first kappa shape index (κ1) is 12.7. The van der Waals surface area contributed by atoms with E-state index in [0.717, 1.165) is 0 Å². The van der Waals surface area contributed by atoms with Crippen molar-refractivity contribution in [2.75, 3.05) is 6.54 Å². The summed E-state index contributed by atoms with van der Waals surface area (Å²) in [6.07, 6.45) is -1.82. The lowest BCUT2D eigenvalue weighted by atomic mass is 10.0. The van der Waals surface area contributed by atoms with Crippen molar-refractivity contribution >= 4 is 0 Å². The van der Waals surface area contributed by atoms with E-state index in [1.807, 2.05) is 0 Å². The molecule has 7 nitrogen and oxygen atoms in total. The number of hydrogen-bond acceptors (Lipinski definition) is 7. The molecule has 0 aliphatic heterocycles. The van der Waals surface area contributed by atoms with Crippen LogP contribution in [0.25, 0.3) is 0 Å². The van der Waals surface area contributed by atoms with Gasteiger partial charge in [0.1, 0.15) is 6.10 Å². The van der Waals surface area contributed by atoms with Crippen LogP contribution in [0.1, 0.15) is 12.8 Å². The van der Waals surface area contributed by atoms with Crippen molar-refractivity contribution in [2.24, 2.45) is 5.73 Å². The van der Waals surface area contributed by atoms with E-state index in [0.29, 0.717) is 0 Å². The average molecular weight is 197 g/mol. The molecule has 0 aromatic heterocycles. The molecule has 7 heteroatoms. The highest BCUT2D eigenvalue weighted by atomic mass is 16.7. The summed E-state index contributed by atoms with van der Waals surface area (Å²) in [6.45, 7) is 0.197. The highest BCUT2D eigenvalue weighted by Crippen LogP contribution is 2.21. The first-order chi connectivity index (χ1) is 5.73. The van der Waals surface area contributed by atoms with E-state index >= 15 is 0 Å². The topological polar surface area (TPSA) is 147 Å². The number of aliphatic hydroxyl groups is 6. The summed E-state index contributed by atoms with van der Waals surface area (Å²) in [5.41, 5.74) is 5.07. The smallest absolute Gasteiger partial charge is 0.335 e. The zero-order valence-corrected chi connectivity index (χ0v) is 6.96. The van der Waals surface area contributed by atoms with Crippen LogP contribution in [0.3, 0.4) is 0 Å². The summed E-state index contributed by atoms with van der Waals surface area (Å²) in [7, 11) is 0. The van der Waals surface area contributed by atoms with E-state index in [1.54, 1.807) is 0 Å². The Morgan fingerprint density at radius 1 is 1.08 bits per heavy atom. The minimum Gasteiger partial charge on any atom is -0.387 e. The van der Waals surface area contributed by atoms with Gasteiger partial charge in [-0.25, -0.2) is 0 Å². The molecule has 0 aromatic carbocycles. The molecule has 80 valence electrons. The zero-order chi connectivity index (χ0) is 10.7. The van der Waals surface area contributed by atoms with Crippen LogP contribution in [0, 0.1) is 0 Å². The second kappa shape index (κ2) is 4.29. The summed E-state index contributed by atoms with van der Waals surface area (Å²) >= 11 is 0. The number of rotatable bonds is 5. The quantitative estimate of drug-likeness (QED) is 0.225. The van der Waals surface area contributed by atoms with E-state index in [2.05, 4.69) is 0 Å². The SMILES string of the molecule is NCCCC(O)C(O)(O)C(O)(O)O. The van der Waals surface area contributed by atoms with Crippen molar-refractivity contribution in [3.8, 4) is 0 Å². The normalized spacial score (nSPS) is 15.9. The summed E-state index contributed by atoms with van der Waals surface area (Å²) in [5.74, 6) is -7.15. The third kappa shape index (κ3) is 3.16. The van der Waals surface area contributed by atoms with E-state index < -0.39 is 17.9 Å². The first-order valence-electron chi connectivity index (χ1n) is 3.73. The molecule has 8 N–H and O–H groups in total. The van der Waals surface area contributed by atoms with Gasteiger partial charge in [0.25, 0.3) is 5.79 Å². The van der Waals surface area contributed by atoms with Crippen molar-refractivity contribution in [3.05, 3.63) is 0 Å². The first-order valence-corrected chi connectivity index (χ1v) is 3.73. The Labute approximate surface area is 74.7 Å². The number of hydrogen-bond donors (Lipinski definition) is 7. The van der Waals surface area contributed by atoms with Crippen LogP contribution in [-0.2, 0) is 0 Å². The monoisotopic (exact) mass is 197 g/mol. The lowest BCUT2D eigenvalue weighted by molar-refractivity contribution is -0.464. The predicted molar refractivity (Wildman–Crippen MR) is 40.9 cm³/mol. The van der Waals surface area contributed by atoms with Gasteiger partial charge in [0, 0.05) is 0 Å². The van der Waals surface area contributed by atoms with Gasteiger partial charge in [-0.2, -0.15) is 0 Å². The van der Waals surface area contributed by atoms with Gasteiger partial charge in [0.15, 0.2) is 0 Å². The Hall–Kier alpha value is -0.280. The molecule has 0 heterocycles. The average Bonchev–Trinajstić information content (AvgIpc) is 1.97. The van der Waals surface area contributed by atoms with Crippen molar-refractivity contribution in [2.45, 2.75) is 30.7 Å². The third-order valence-electron chi connectivity index (χ3n) is 1.64. The molecule has 0 aromatic rings. The van der Waals surface area contributed by atoms with Crippen LogP contribution in [0.2, 0.25) is 0 Å². The Balaban J connectivity index is 4.27. The van der Waals surface area contributed by atoms with Crippen LogP contribution in [0.5, 0.6) is 0 Å². The fourth-order valence-corrected chi connectivity index (χ4v) is 0.736. The Morgan fingerprint density at radius 2 is 1.54 bits per heavy atom. The predicted octanol–water partition coefficient (Wildman–Crippen LogP) is -3.60. The molecule has 0 aliphatic rings. The van der Waals surface area contributed by atoms with Crippen LogP contribution >= 0.6 is 0 Å². The summed E-state index contributed by atoms with van der Waals surface area (Å²) in [6, 6.07) is 0. The number of aliphatic hydroxyl groups excluding tert-OH is 1. The summed E-state index contributed by atoms with van der Waals surface area (Å²) in [5, 5.41) is 52.0. The zero-order valence-electron chi connectivity index (χ0n) is 6.96. The van der Waals surface area contributed by atoms with Gasteiger partial charge >= 0.3 is 5.97 Å².